The van der Waals surface area contributed by atoms with Crippen LogP contribution < -0.4 is 10.1 Å². The van der Waals surface area contributed by atoms with Crippen LogP contribution in [0.15, 0.2) is 47.2 Å². The van der Waals surface area contributed by atoms with Crippen molar-refractivity contribution in [3.63, 3.8) is 0 Å². The number of nitrogens with one attached hydrogen (secondary N) is 1. The summed E-state index contributed by atoms with van der Waals surface area (Å²) in [5.41, 5.74) is 2.59. The lowest BCUT2D eigenvalue weighted by Gasteiger charge is -2.17. The average molecular weight is 319 g/mol. The second kappa shape index (κ2) is 5.61. The van der Waals surface area contributed by atoms with Gasteiger partial charge in [-0.15, -0.1) is 0 Å². The fourth-order valence-corrected chi connectivity index (χ4v) is 2.65. The molecule has 1 aromatic carbocycles. The molecule has 1 aliphatic rings. The molecule has 0 radical (unpaired) electrons. The predicted octanol–water partition coefficient (Wildman–Crippen LogP) is 3.65. The highest BCUT2D eigenvalue weighted by Gasteiger charge is 2.16. The van der Waals surface area contributed by atoms with Gasteiger partial charge in [-0.1, -0.05) is 18.2 Å². The number of hydrogen-bond donors (Lipinski definition) is 1. The van der Waals surface area contributed by atoms with E-state index in [1.165, 1.54) is 11.3 Å². The summed E-state index contributed by atoms with van der Waals surface area (Å²) in [6, 6.07) is 10.4. The fourth-order valence-electron chi connectivity index (χ4n) is 2.30. The number of aryl methyl sites for hydroxylation is 1. The largest absolute Gasteiger partial charge is 0.487 e. The maximum absolute atomic E-state index is 5.99. The van der Waals surface area contributed by atoms with Gasteiger partial charge in [-0.25, -0.2) is 0 Å². The summed E-state index contributed by atoms with van der Waals surface area (Å²) in [5.74, 6) is 0.812. The number of para-hydroxylation sites is 1. The highest BCUT2D eigenvalue weighted by molar-refractivity contribution is 9.10. The van der Waals surface area contributed by atoms with Gasteiger partial charge in [0.1, 0.15) is 11.9 Å². The summed E-state index contributed by atoms with van der Waals surface area (Å²) in [6.45, 7) is 0.823. The Morgan fingerprint density at radius 3 is 3.05 bits per heavy atom. The lowest BCUT2D eigenvalue weighted by atomic mass is 10.1. The van der Waals surface area contributed by atoms with Crippen molar-refractivity contribution in [3.05, 3.63) is 52.8 Å². The molecule has 0 saturated heterocycles. The van der Waals surface area contributed by atoms with Crippen LogP contribution in [0.1, 0.15) is 12.0 Å². The second-order valence-electron chi connectivity index (χ2n) is 4.66. The smallest absolute Gasteiger partial charge is 0.139 e. The molecule has 0 bridgehead atoms. The van der Waals surface area contributed by atoms with Gasteiger partial charge in [0, 0.05) is 16.4 Å². The lowest BCUT2D eigenvalue weighted by molar-refractivity contribution is 0.205. The Bertz CT molecular complexity index is 547. The number of rotatable bonds is 2. The highest BCUT2D eigenvalue weighted by Crippen LogP contribution is 2.24. The van der Waals surface area contributed by atoms with Crippen LogP contribution in [0.25, 0.3) is 0 Å². The van der Waals surface area contributed by atoms with Crippen molar-refractivity contribution in [3.8, 4) is 5.75 Å². The molecule has 4 heteroatoms. The first-order valence-corrected chi connectivity index (χ1v) is 7.19. The van der Waals surface area contributed by atoms with Crippen molar-refractivity contribution < 1.29 is 4.74 Å². The Morgan fingerprint density at radius 2 is 2.16 bits per heavy atom. The molecule has 3 nitrogen and oxygen atoms in total. The number of anilines is 1. The minimum absolute atomic E-state index is 0.170. The highest BCUT2D eigenvalue weighted by atomic mass is 79.9. The monoisotopic (exact) mass is 318 g/mol. The third-order valence-corrected chi connectivity index (χ3v) is 3.69. The van der Waals surface area contributed by atoms with Gasteiger partial charge in [-0.3, -0.25) is 4.98 Å². The molecular weight excluding hydrogens is 304 g/mol. The van der Waals surface area contributed by atoms with Crippen molar-refractivity contribution in [1.29, 1.82) is 0 Å². The van der Waals surface area contributed by atoms with Gasteiger partial charge in [-0.2, -0.15) is 0 Å². The summed E-state index contributed by atoms with van der Waals surface area (Å²) in [4.78, 5) is 4.12. The van der Waals surface area contributed by atoms with Crippen molar-refractivity contribution >= 4 is 21.6 Å². The fraction of sp³-hybridized carbons (Fsp3) is 0.267. The molecule has 1 aromatic heterocycles. The molecule has 0 spiro atoms. The van der Waals surface area contributed by atoms with Crippen molar-refractivity contribution in [2.24, 2.45) is 0 Å². The number of nitrogens with zero attached hydrogens (tertiary/aromatic N) is 1. The van der Waals surface area contributed by atoms with E-state index in [0.717, 1.165) is 29.6 Å². The molecule has 98 valence electrons. The van der Waals surface area contributed by atoms with Gasteiger partial charge in [-0.05, 0) is 46.5 Å². The molecule has 0 amide bonds. The zero-order valence-electron chi connectivity index (χ0n) is 10.5. The van der Waals surface area contributed by atoms with Crippen LogP contribution in [0.3, 0.4) is 0 Å². The van der Waals surface area contributed by atoms with Crippen LogP contribution in [0, 0.1) is 0 Å². The Hall–Kier alpha value is -1.55. The van der Waals surface area contributed by atoms with E-state index in [9.17, 15) is 0 Å². The minimum Gasteiger partial charge on any atom is -0.487 e. The van der Waals surface area contributed by atoms with E-state index in [1.54, 1.807) is 12.4 Å². The molecule has 1 unspecified atom stereocenters. The number of fused-ring (bicyclic) bond motifs is 1. The molecular formula is C15H15BrN2O. The van der Waals surface area contributed by atoms with Gasteiger partial charge < -0.3 is 10.1 Å². The third kappa shape index (κ3) is 3.07. The number of pyridine rings is 1. The van der Waals surface area contributed by atoms with E-state index in [0.29, 0.717) is 0 Å². The van der Waals surface area contributed by atoms with E-state index in [-0.39, 0.29) is 6.10 Å². The SMILES string of the molecule is Brc1cncc(OC2CCc3ccccc3NC2)c1. The maximum Gasteiger partial charge on any atom is 0.139 e. The topological polar surface area (TPSA) is 34.1 Å². The number of aromatic nitrogens is 1. The molecule has 1 N–H and O–H groups in total. The van der Waals surface area contributed by atoms with Gasteiger partial charge >= 0.3 is 0 Å². The zero-order chi connectivity index (χ0) is 13.1. The number of ether oxygens (including phenoxy) is 1. The summed E-state index contributed by atoms with van der Waals surface area (Å²) < 4.78 is 6.93. The van der Waals surface area contributed by atoms with Gasteiger partial charge in [0.15, 0.2) is 0 Å². The second-order valence-corrected chi connectivity index (χ2v) is 5.57. The number of halogens is 1. The van der Waals surface area contributed by atoms with Crippen LogP contribution in [0.5, 0.6) is 5.75 Å². The molecule has 2 aromatic rings. The summed E-state index contributed by atoms with van der Waals surface area (Å²) in [7, 11) is 0. The van der Waals surface area contributed by atoms with Crippen LogP contribution in [-0.2, 0) is 6.42 Å². The summed E-state index contributed by atoms with van der Waals surface area (Å²) in [6.07, 6.45) is 5.73. The standard InChI is InChI=1S/C15H15BrN2O/c16-12-7-14(9-17-8-12)19-13-6-5-11-3-1-2-4-15(11)18-10-13/h1-4,7-9,13,18H,5-6,10H2. The average Bonchev–Trinajstić information content (AvgIpc) is 2.62. The summed E-state index contributed by atoms with van der Waals surface area (Å²) in [5, 5.41) is 3.45. The van der Waals surface area contributed by atoms with Crippen LogP contribution in [-0.4, -0.2) is 17.6 Å². The zero-order valence-corrected chi connectivity index (χ0v) is 12.1. The van der Waals surface area contributed by atoms with Crippen LogP contribution >= 0.6 is 15.9 Å². The number of hydrogen-bond acceptors (Lipinski definition) is 3. The van der Waals surface area contributed by atoms with E-state index in [4.69, 9.17) is 4.74 Å². The lowest BCUT2D eigenvalue weighted by Crippen LogP contribution is -2.24. The van der Waals surface area contributed by atoms with Gasteiger partial charge in [0.25, 0.3) is 0 Å². The Balaban J connectivity index is 1.69. The molecule has 1 aliphatic heterocycles. The molecule has 0 aliphatic carbocycles. The minimum atomic E-state index is 0.170. The molecule has 3 rings (SSSR count). The molecule has 1 atom stereocenters. The summed E-state index contributed by atoms with van der Waals surface area (Å²) >= 11 is 3.41. The molecule has 19 heavy (non-hydrogen) atoms. The predicted molar refractivity (Wildman–Crippen MR) is 79.6 cm³/mol. The maximum atomic E-state index is 5.99. The van der Waals surface area contributed by atoms with Crippen molar-refractivity contribution in [2.45, 2.75) is 18.9 Å². The third-order valence-electron chi connectivity index (χ3n) is 3.26. The first-order valence-electron chi connectivity index (χ1n) is 6.40. The normalized spacial score (nSPS) is 18.1. The van der Waals surface area contributed by atoms with E-state index < -0.39 is 0 Å². The van der Waals surface area contributed by atoms with E-state index in [2.05, 4.69) is 50.5 Å². The van der Waals surface area contributed by atoms with Crippen LogP contribution in [0.4, 0.5) is 5.69 Å². The number of benzene rings is 1. The van der Waals surface area contributed by atoms with E-state index >= 15 is 0 Å². The molecule has 0 fully saturated rings. The van der Waals surface area contributed by atoms with Crippen LogP contribution in [0.2, 0.25) is 0 Å². The Labute approximate surface area is 121 Å². The van der Waals surface area contributed by atoms with Gasteiger partial charge in [0.2, 0.25) is 0 Å². The molecule has 2 heterocycles. The molecule has 0 saturated carbocycles. The van der Waals surface area contributed by atoms with Crippen molar-refractivity contribution in [2.75, 3.05) is 11.9 Å². The van der Waals surface area contributed by atoms with E-state index in [1.807, 2.05) is 6.07 Å². The van der Waals surface area contributed by atoms with Crippen molar-refractivity contribution in [1.82, 2.24) is 4.98 Å². The quantitative estimate of drug-likeness (QED) is 0.917. The Morgan fingerprint density at radius 1 is 1.26 bits per heavy atom. The Kier molecular flexibility index (Phi) is 3.69. The first kappa shape index (κ1) is 12.5. The first-order chi connectivity index (χ1) is 9.31. The van der Waals surface area contributed by atoms with Gasteiger partial charge in [0.05, 0.1) is 12.7 Å².